The summed E-state index contributed by atoms with van der Waals surface area (Å²) in [6.07, 6.45) is 3.89. The number of benzene rings is 1. The molecule has 12 heteroatoms. The minimum atomic E-state index is -0.623. The Morgan fingerprint density at radius 1 is 1.18 bits per heavy atom. The lowest BCUT2D eigenvalue weighted by atomic mass is 9.94. The summed E-state index contributed by atoms with van der Waals surface area (Å²) < 4.78 is 16.8. The summed E-state index contributed by atoms with van der Waals surface area (Å²) in [5.41, 5.74) is 4.99. The lowest BCUT2D eigenvalue weighted by Crippen LogP contribution is -2.41. The van der Waals surface area contributed by atoms with Crippen LogP contribution in [0.5, 0.6) is 11.6 Å². The highest BCUT2D eigenvalue weighted by Gasteiger charge is 2.24. The Hall–Kier alpha value is -3.61. The molecule has 1 fully saturated rings. The average Bonchev–Trinajstić information content (AvgIpc) is 3.43. The van der Waals surface area contributed by atoms with Crippen molar-refractivity contribution >= 4 is 31.0 Å². The number of aliphatic hydroxyl groups excluding tert-OH is 1. The number of aliphatic hydroxyl groups is 1. The van der Waals surface area contributed by atoms with Crippen LogP contribution in [0.3, 0.4) is 0 Å². The van der Waals surface area contributed by atoms with Gasteiger partial charge in [0.2, 0.25) is 11.8 Å². The lowest BCUT2D eigenvalue weighted by molar-refractivity contribution is -0.129. The first-order valence-electron chi connectivity index (χ1n) is 15.3. The van der Waals surface area contributed by atoms with Gasteiger partial charge < -0.3 is 29.2 Å². The molecule has 5 rings (SSSR count). The van der Waals surface area contributed by atoms with Gasteiger partial charge in [-0.2, -0.15) is 18.5 Å². The molecule has 1 saturated heterocycles. The van der Waals surface area contributed by atoms with E-state index in [2.05, 4.69) is 33.2 Å². The molecule has 4 heterocycles. The number of rotatable bonds is 12. The first-order valence-corrected chi connectivity index (χ1v) is 15.3. The minimum absolute atomic E-state index is 0. The van der Waals surface area contributed by atoms with Crippen LogP contribution in [0.4, 0.5) is 5.82 Å². The van der Waals surface area contributed by atoms with E-state index in [4.69, 9.17) is 13.9 Å². The number of pyridine rings is 1. The Labute approximate surface area is 271 Å². The number of β-amino-alcohol motifs (C(OH)–C–C–N with tert-alkyl or cyclic N) is 1. The van der Waals surface area contributed by atoms with Crippen molar-refractivity contribution in [2.75, 3.05) is 38.6 Å². The number of anilines is 1. The van der Waals surface area contributed by atoms with Gasteiger partial charge in [0.05, 0.1) is 18.9 Å². The molecule has 45 heavy (non-hydrogen) atoms. The monoisotopic (exact) mass is 639 g/mol. The topological polar surface area (TPSA) is 130 Å². The van der Waals surface area contributed by atoms with Crippen molar-refractivity contribution in [2.24, 2.45) is 0 Å². The molecule has 0 radical (unpaired) electrons. The third kappa shape index (κ3) is 8.77. The fourth-order valence-corrected chi connectivity index (χ4v) is 6.02. The number of nitrogens with zero attached hydrogens (tertiary/aromatic N) is 4. The molecule has 244 valence electrons. The molecule has 2 aliphatic rings. The SMILES string of the molecule is COc1cc(C(=O)CC[C@H](O)CN2CCc3c(ccc(OCc4ocnc4C)c3C)C2)cc(NC2CCN(C(C)=O)CC2)n1.S. The standard InChI is InChI=1S/C33H43N5O6.H2S/c1-21-28-11-12-37(17-24(28)5-8-30(21)43-19-31-22(2)34-20-44-31)18-27(40)6-7-29(41)25-15-32(36-33(16-25)42-4)35-26-9-13-38(14-10-26)23(3)39;/h5,8,15-16,20,26-27,40H,6-7,9-14,17-19H2,1-4H3,(H,35,36);1H2/t27-;/m0./s1. The number of aryl methyl sites for hydroxylation is 1. The van der Waals surface area contributed by atoms with Crippen LogP contribution in [-0.2, 0) is 24.4 Å². The first kappa shape index (κ1) is 34.3. The zero-order chi connectivity index (χ0) is 31.2. The number of carbonyl (C=O) groups excluding carboxylic acids is 2. The third-order valence-electron chi connectivity index (χ3n) is 8.72. The van der Waals surface area contributed by atoms with E-state index in [0.717, 1.165) is 55.1 Å². The first-order chi connectivity index (χ1) is 21.2. The van der Waals surface area contributed by atoms with Gasteiger partial charge in [0.15, 0.2) is 17.9 Å². The van der Waals surface area contributed by atoms with Crippen molar-refractivity contribution < 1.29 is 28.6 Å². The molecule has 2 N–H and O–H groups in total. The van der Waals surface area contributed by atoms with E-state index in [1.54, 1.807) is 19.1 Å². The number of Topliss-reactive ketones (excluding diaryl/α,β-unsaturated/α-hetero) is 1. The fourth-order valence-electron chi connectivity index (χ4n) is 6.02. The summed E-state index contributed by atoms with van der Waals surface area (Å²) >= 11 is 0. The van der Waals surface area contributed by atoms with E-state index < -0.39 is 6.10 Å². The molecule has 0 aliphatic carbocycles. The number of likely N-dealkylation sites (tertiary alicyclic amines) is 1. The van der Waals surface area contributed by atoms with Crippen molar-refractivity contribution in [1.82, 2.24) is 19.8 Å². The predicted octanol–water partition coefficient (Wildman–Crippen LogP) is 4.19. The molecule has 2 aliphatic heterocycles. The zero-order valence-corrected chi connectivity index (χ0v) is 27.6. The number of nitrogens with one attached hydrogen (secondary N) is 1. The smallest absolute Gasteiger partial charge is 0.219 e. The molecule has 0 spiro atoms. The molecular weight excluding hydrogens is 594 g/mol. The van der Waals surface area contributed by atoms with Crippen LogP contribution in [0.1, 0.15) is 71.1 Å². The number of ether oxygens (including phenoxy) is 2. The number of hydrogen-bond acceptors (Lipinski definition) is 10. The number of aromatic nitrogens is 2. The Kier molecular flexibility index (Phi) is 11.9. The van der Waals surface area contributed by atoms with Crippen molar-refractivity contribution in [2.45, 2.75) is 78.2 Å². The van der Waals surface area contributed by atoms with Crippen molar-refractivity contribution in [3.63, 3.8) is 0 Å². The van der Waals surface area contributed by atoms with Gasteiger partial charge in [-0.1, -0.05) is 6.07 Å². The van der Waals surface area contributed by atoms with Gasteiger partial charge >= 0.3 is 0 Å². The van der Waals surface area contributed by atoms with E-state index >= 15 is 0 Å². The number of methoxy groups -OCH3 is 1. The lowest BCUT2D eigenvalue weighted by Gasteiger charge is -2.32. The van der Waals surface area contributed by atoms with Gasteiger partial charge in [-0.15, -0.1) is 0 Å². The van der Waals surface area contributed by atoms with E-state index in [1.165, 1.54) is 24.6 Å². The van der Waals surface area contributed by atoms with Gasteiger partial charge in [-0.05, 0) is 68.4 Å². The van der Waals surface area contributed by atoms with Gasteiger partial charge in [0, 0.05) is 63.7 Å². The summed E-state index contributed by atoms with van der Waals surface area (Å²) in [5, 5.41) is 14.3. The van der Waals surface area contributed by atoms with Crippen molar-refractivity contribution in [3.05, 3.63) is 64.4 Å². The Morgan fingerprint density at radius 3 is 2.64 bits per heavy atom. The summed E-state index contributed by atoms with van der Waals surface area (Å²) in [6.45, 7) is 9.38. The van der Waals surface area contributed by atoms with Gasteiger partial charge in [0.25, 0.3) is 0 Å². The largest absolute Gasteiger partial charge is 0.485 e. The molecule has 0 bridgehead atoms. The van der Waals surface area contributed by atoms with Crippen LogP contribution in [0.15, 0.2) is 35.1 Å². The number of carbonyl (C=O) groups is 2. The Balaban J connectivity index is 0.00000461. The van der Waals surface area contributed by atoms with Gasteiger partial charge in [-0.3, -0.25) is 14.5 Å². The second kappa shape index (κ2) is 15.6. The Bertz CT molecular complexity index is 1470. The summed E-state index contributed by atoms with van der Waals surface area (Å²) in [4.78, 5) is 37.5. The van der Waals surface area contributed by atoms with Crippen LogP contribution < -0.4 is 14.8 Å². The third-order valence-corrected chi connectivity index (χ3v) is 8.72. The molecule has 3 aromatic rings. The molecule has 0 saturated carbocycles. The van der Waals surface area contributed by atoms with E-state index in [-0.39, 0.29) is 37.6 Å². The number of amides is 1. The second-order valence-electron chi connectivity index (χ2n) is 11.8. The maximum absolute atomic E-state index is 13.2. The van der Waals surface area contributed by atoms with Gasteiger partial charge in [0.1, 0.15) is 18.2 Å². The van der Waals surface area contributed by atoms with Crippen molar-refractivity contribution in [3.8, 4) is 11.6 Å². The highest BCUT2D eigenvalue weighted by Crippen LogP contribution is 2.30. The molecule has 0 unspecified atom stereocenters. The number of oxazole rings is 1. The van der Waals surface area contributed by atoms with E-state index in [1.807, 2.05) is 17.9 Å². The molecule has 2 aromatic heterocycles. The summed E-state index contributed by atoms with van der Waals surface area (Å²) in [5.74, 6) is 2.54. The fraction of sp³-hybridized carbons (Fsp3) is 0.515. The number of fused-ring (bicyclic) bond motifs is 1. The molecule has 1 aromatic carbocycles. The number of hydrogen-bond donors (Lipinski definition) is 2. The van der Waals surface area contributed by atoms with Crippen LogP contribution in [-0.4, -0.2) is 82.0 Å². The molecule has 11 nitrogen and oxygen atoms in total. The maximum atomic E-state index is 13.2. The van der Waals surface area contributed by atoms with Crippen LogP contribution in [0.2, 0.25) is 0 Å². The van der Waals surface area contributed by atoms with Crippen LogP contribution in [0.25, 0.3) is 0 Å². The Morgan fingerprint density at radius 2 is 1.96 bits per heavy atom. The number of ketones is 1. The van der Waals surface area contributed by atoms with Crippen molar-refractivity contribution in [1.29, 1.82) is 0 Å². The van der Waals surface area contributed by atoms with E-state index in [0.29, 0.717) is 49.9 Å². The maximum Gasteiger partial charge on any atom is 0.219 e. The molecule has 1 amide bonds. The second-order valence-corrected chi connectivity index (χ2v) is 11.8. The highest BCUT2D eigenvalue weighted by molar-refractivity contribution is 7.59. The summed E-state index contributed by atoms with van der Waals surface area (Å²) in [7, 11) is 1.53. The van der Waals surface area contributed by atoms with Gasteiger partial charge in [-0.25, -0.2) is 4.98 Å². The van der Waals surface area contributed by atoms with Crippen LogP contribution >= 0.6 is 13.5 Å². The minimum Gasteiger partial charge on any atom is -0.485 e. The predicted molar refractivity (Wildman–Crippen MR) is 175 cm³/mol. The quantitative estimate of drug-likeness (QED) is 0.278. The van der Waals surface area contributed by atoms with E-state index in [9.17, 15) is 14.7 Å². The zero-order valence-electron chi connectivity index (χ0n) is 26.6. The summed E-state index contributed by atoms with van der Waals surface area (Å²) in [6, 6.07) is 7.66. The molecule has 1 atom stereocenters. The number of piperidine rings is 1. The normalized spacial score (nSPS) is 16.0. The molecular formula is C33H45N5O6S. The highest BCUT2D eigenvalue weighted by atomic mass is 32.1. The average molecular weight is 640 g/mol. The van der Waals surface area contributed by atoms with Crippen LogP contribution in [0, 0.1) is 13.8 Å².